The second-order valence-electron chi connectivity index (χ2n) is 5.66. The molecule has 2 rings (SSSR count). The van der Waals surface area contributed by atoms with Gasteiger partial charge in [0.25, 0.3) is 0 Å². The van der Waals surface area contributed by atoms with Crippen LogP contribution in [0, 0.1) is 0 Å². The molecule has 1 aliphatic rings. The lowest BCUT2D eigenvalue weighted by Gasteiger charge is -2.28. The molecule has 0 spiro atoms. The van der Waals surface area contributed by atoms with Crippen molar-refractivity contribution in [2.75, 3.05) is 44.1 Å². The van der Waals surface area contributed by atoms with Crippen LogP contribution in [0.4, 0.5) is 11.4 Å². The standard InChI is InChI=1S/C17H25N3O4/c1-23-15(24-2)12-18-16(21)17(22)19-13-6-8-14(9-7-13)20-10-4-3-5-11-20/h6-9,15H,3-5,10-12H2,1-2H3,(H,18,21)(H,19,22). The van der Waals surface area contributed by atoms with Gasteiger partial charge in [-0.2, -0.15) is 0 Å². The van der Waals surface area contributed by atoms with Crippen molar-refractivity contribution in [3.63, 3.8) is 0 Å². The molecule has 0 aromatic heterocycles. The average molecular weight is 335 g/mol. The first kappa shape index (κ1) is 18.2. The van der Waals surface area contributed by atoms with Crippen LogP contribution in [0.5, 0.6) is 0 Å². The second-order valence-corrected chi connectivity index (χ2v) is 5.66. The molecule has 1 fully saturated rings. The number of hydrogen-bond acceptors (Lipinski definition) is 5. The van der Waals surface area contributed by atoms with Gasteiger partial charge < -0.3 is 25.0 Å². The summed E-state index contributed by atoms with van der Waals surface area (Å²) in [4.78, 5) is 26.0. The molecule has 0 radical (unpaired) electrons. The van der Waals surface area contributed by atoms with Crippen LogP contribution >= 0.6 is 0 Å². The molecule has 0 aliphatic carbocycles. The van der Waals surface area contributed by atoms with Gasteiger partial charge in [0.15, 0.2) is 6.29 Å². The Morgan fingerprint density at radius 1 is 1.04 bits per heavy atom. The fourth-order valence-corrected chi connectivity index (χ4v) is 2.61. The van der Waals surface area contributed by atoms with E-state index in [1.54, 1.807) is 0 Å². The van der Waals surface area contributed by atoms with Crippen molar-refractivity contribution in [1.29, 1.82) is 0 Å². The highest BCUT2D eigenvalue weighted by Gasteiger charge is 2.16. The predicted octanol–water partition coefficient (Wildman–Crippen LogP) is 1.35. The van der Waals surface area contributed by atoms with Gasteiger partial charge in [0.2, 0.25) is 0 Å². The van der Waals surface area contributed by atoms with E-state index in [0.717, 1.165) is 18.8 Å². The van der Waals surface area contributed by atoms with Gasteiger partial charge in [0.1, 0.15) is 0 Å². The quantitative estimate of drug-likeness (QED) is 0.606. The maximum absolute atomic E-state index is 11.9. The summed E-state index contributed by atoms with van der Waals surface area (Å²) in [5, 5.41) is 5.04. The molecule has 0 saturated carbocycles. The minimum atomic E-state index is -0.728. The van der Waals surface area contributed by atoms with Gasteiger partial charge in [-0.1, -0.05) is 0 Å². The van der Waals surface area contributed by atoms with E-state index >= 15 is 0 Å². The normalized spacial score (nSPS) is 14.5. The number of anilines is 2. The largest absolute Gasteiger partial charge is 0.372 e. The van der Waals surface area contributed by atoms with E-state index in [0.29, 0.717) is 5.69 Å². The average Bonchev–Trinajstić information content (AvgIpc) is 2.63. The molecular formula is C17H25N3O4. The minimum Gasteiger partial charge on any atom is -0.372 e. The first-order valence-corrected chi connectivity index (χ1v) is 8.14. The van der Waals surface area contributed by atoms with Gasteiger partial charge in [0, 0.05) is 38.7 Å². The molecule has 0 bridgehead atoms. The molecule has 7 heteroatoms. The highest BCUT2D eigenvalue weighted by Crippen LogP contribution is 2.21. The molecule has 0 unspecified atom stereocenters. The molecule has 1 aliphatic heterocycles. The Hall–Kier alpha value is -2.12. The van der Waals surface area contributed by atoms with E-state index in [1.165, 1.54) is 33.5 Å². The van der Waals surface area contributed by atoms with Crippen molar-refractivity contribution in [2.24, 2.45) is 0 Å². The van der Waals surface area contributed by atoms with E-state index in [-0.39, 0.29) is 6.54 Å². The number of amides is 2. The van der Waals surface area contributed by atoms with Crippen LogP contribution in [0.15, 0.2) is 24.3 Å². The molecule has 132 valence electrons. The third-order valence-electron chi connectivity index (χ3n) is 4.01. The molecule has 2 N–H and O–H groups in total. The van der Waals surface area contributed by atoms with Gasteiger partial charge in [-0.3, -0.25) is 9.59 Å². The van der Waals surface area contributed by atoms with Crippen LogP contribution in [0.2, 0.25) is 0 Å². The number of carbonyl (C=O) groups is 2. The number of carbonyl (C=O) groups excluding carboxylic acids is 2. The number of hydrogen-bond donors (Lipinski definition) is 2. The van der Waals surface area contributed by atoms with Crippen LogP contribution in [0.25, 0.3) is 0 Å². The van der Waals surface area contributed by atoms with Gasteiger partial charge in [0.05, 0.1) is 6.54 Å². The zero-order chi connectivity index (χ0) is 17.4. The van der Waals surface area contributed by atoms with E-state index in [4.69, 9.17) is 9.47 Å². The Morgan fingerprint density at radius 2 is 1.67 bits per heavy atom. The molecule has 24 heavy (non-hydrogen) atoms. The van der Waals surface area contributed by atoms with Crippen molar-refractivity contribution >= 4 is 23.2 Å². The number of piperidine rings is 1. The first-order valence-electron chi connectivity index (χ1n) is 8.14. The molecule has 7 nitrogen and oxygen atoms in total. The molecule has 1 aromatic rings. The Balaban J connectivity index is 1.83. The summed E-state index contributed by atoms with van der Waals surface area (Å²) >= 11 is 0. The van der Waals surface area contributed by atoms with E-state index in [2.05, 4.69) is 15.5 Å². The Kier molecular flexibility index (Phi) is 7.02. The molecule has 0 atom stereocenters. The fraction of sp³-hybridized carbons (Fsp3) is 0.529. The lowest BCUT2D eigenvalue weighted by Crippen LogP contribution is -2.40. The Morgan fingerprint density at radius 3 is 2.25 bits per heavy atom. The summed E-state index contributed by atoms with van der Waals surface area (Å²) in [7, 11) is 2.93. The summed E-state index contributed by atoms with van der Waals surface area (Å²) in [5.41, 5.74) is 1.73. The van der Waals surface area contributed by atoms with Crippen molar-refractivity contribution in [3.05, 3.63) is 24.3 Å². The third kappa shape index (κ3) is 5.21. The number of ether oxygens (including phenoxy) is 2. The van der Waals surface area contributed by atoms with Crippen molar-refractivity contribution in [1.82, 2.24) is 5.32 Å². The summed E-state index contributed by atoms with van der Waals surface area (Å²) in [6, 6.07) is 7.54. The lowest BCUT2D eigenvalue weighted by atomic mass is 10.1. The Labute approximate surface area is 142 Å². The van der Waals surface area contributed by atoms with Crippen LogP contribution in [0.3, 0.4) is 0 Å². The summed E-state index contributed by atoms with van der Waals surface area (Å²) in [5.74, 6) is -1.44. The van der Waals surface area contributed by atoms with Crippen LogP contribution in [-0.4, -0.2) is 52.0 Å². The summed E-state index contributed by atoms with van der Waals surface area (Å²) in [6.07, 6.45) is 3.13. The summed E-state index contributed by atoms with van der Waals surface area (Å²) in [6.45, 7) is 2.23. The van der Waals surface area contributed by atoms with Crippen LogP contribution in [0.1, 0.15) is 19.3 Å². The zero-order valence-corrected chi connectivity index (χ0v) is 14.2. The highest BCUT2D eigenvalue weighted by atomic mass is 16.7. The molecule has 1 aromatic carbocycles. The number of nitrogens with one attached hydrogen (secondary N) is 2. The monoisotopic (exact) mass is 335 g/mol. The molecule has 1 heterocycles. The molecular weight excluding hydrogens is 310 g/mol. The number of benzene rings is 1. The van der Waals surface area contributed by atoms with Gasteiger partial charge >= 0.3 is 11.8 Å². The smallest absolute Gasteiger partial charge is 0.313 e. The number of rotatable bonds is 6. The zero-order valence-electron chi connectivity index (χ0n) is 14.2. The topological polar surface area (TPSA) is 79.9 Å². The van der Waals surface area contributed by atoms with E-state index < -0.39 is 18.1 Å². The highest BCUT2D eigenvalue weighted by molar-refractivity contribution is 6.39. The van der Waals surface area contributed by atoms with E-state index in [1.807, 2.05) is 24.3 Å². The van der Waals surface area contributed by atoms with Crippen LogP contribution < -0.4 is 15.5 Å². The SMILES string of the molecule is COC(CNC(=O)C(=O)Nc1ccc(N2CCCCC2)cc1)OC. The van der Waals surface area contributed by atoms with Crippen molar-refractivity contribution in [2.45, 2.75) is 25.6 Å². The fourth-order valence-electron chi connectivity index (χ4n) is 2.61. The van der Waals surface area contributed by atoms with Crippen molar-refractivity contribution in [3.8, 4) is 0 Å². The maximum atomic E-state index is 11.9. The first-order chi connectivity index (χ1) is 11.6. The van der Waals surface area contributed by atoms with Gasteiger partial charge in [-0.15, -0.1) is 0 Å². The van der Waals surface area contributed by atoms with Gasteiger partial charge in [-0.05, 0) is 43.5 Å². The summed E-state index contributed by atoms with van der Waals surface area (Å²) < 4.78 is 9.89. The lowest BCUT2D eigenvalue weighted by molar-refractivity contribution is -0.139. The molecule has 1 saturated heterocycles. The maximum Gasteiger partial charge on any atom is 0.313 e. The predicted molar refractivity (Wildman–Crippen MR) is 92.0 cm³/mol. The van der Waals surface area contributed by atoms with Crippen LogP contribution in [-0.2, 0) is 19.1 Å². The molecule has 2 amide bonds. The van der Waals surface area contributed by atoms with Crippen molar-refractivity contribution < 1.29 is 19.1 Å². The second kappa shape index (κ2) is 9.24. The van der Waals surface area contributed by atoms with E-state index in [9.17, 15) is 9.59 Å². The minimum absolute atomic E-state index is 0.104. The number of nitrogens with zero attached hydrogens (tertiary/aromatic N) is 1. The number of methoxy groups -OCH3 is 2. The van der Waals surface area contributed by atoms with Gasteiger partial charge in [-0.25, -0.2) is 0 Å². The third-order valence-corrected chi connectivity index (χ3v) is 4.01. The Bertz CT molecular complexity index is 537.